The van der Waals surface area contributed by atoms with Crippen molar-refractivity contribution in [3.8, 4) is 0 Å². The van der Waals surface area contributed by atoms with Gasteiger partial charge in [0.05, 0.1) is 10.6 Å². The van der Waals surface area contributed by atoms with E-state index in [0.717, 1.165) is 27.4 Å². The minimum atomic E-state index is -4.11. The monoisotopic (exact) mass is 583 g/mol. The Kier molecular flexibility index (Phi) is 10.8. The number of hydrogen-bond donors (Lipinski definition) is 1. The average molecular weight is 584 g/mol. The number of nitrogens with zero attached hydrogens (tertiary/aromatic N) is 2. The summed E-state index contributed by atoms with van der Waals surface area (Å²) in [6.45, 7) is 8.97. The number of nitrogens with one attached hydrogen (secondary N) is 1. The molecule has 214 valence electrons. The summed E-state index contributed by atoms with van der Waals surface area (Å²) >= 11 is 6.06. The van der Waals surface area contributed by atoms with Gasteiger partial charge in [-0.15, -0.1) is 0 Å². The molecule has 0 spiro atoms. The van der Waals surface area contributed by atoms with Crippen molar-refractivity contribution in [3.63, 3.8) is 0 Å². The predicted molar refractivity (Wildman–Crippen MR) is 161 cm³/mol. The van der Waals surface area contributed by atoms with E-state index in [1.54, 1.807) is 67.6 Å². The molecule has 0 heterocycles. The van der Waals surface area contributed by atoms with Crippen molar-refractivity contribution in [2.45, 2.75) is 71.0 Å². The third kappa shape index (κ3) is 7.64. The third-order valence-electron chi connectivity index (χ3n) is 6.96. The lowest BCUT2D eigenvalue weighted by molar-refractivity contribution is -0.139. The number of aryl methyl sites for hydroxylation is 2. The second-order valence-corrected chi connectivity index (χ2v) is 12.2. The van der Waals surface area contributed by atoms with Crippen LogP contribution in [0.4, 0.5) is 5.69 Å². The fourth-order valence-electron chi connectivity index (χ4n) is 4.24. The molecule has 3 aromatic carbocycles. The van der Waals surface area contributed by atoms with Gasteiger partial charge in [0.15, 0.2) is 0 Å². The summed E-state index contributed by atoms with van der Waals surface area (Å²) in [6.07, 6.45) is 1.31. The highest BCUT2D eigenvalue weighted by Gasteiger charge is 2.33. The zero-order valence-corrected chi connectivity index (χ0v) is 25.3. The molecule has 0 unspecified atom stereocenters. The highest BCUT2D eigenvalue weighted by atomic mass is 35.5. The van der Waals surface area contributed by atoms with Crippen LogP contribution in [0.3, 0.4) is 0 Å². The topological polar surface area (TPSA) is 86.8 Å². The Morgan fingerprint density at radius 3 is 2.15 bits per heavy atom. The minimum absolute atomic E-state index is 0.0720. The number of benzene rings is 3. The first-order chi connectivity index (χ1) is 19.0. The number of sulfonamides is 1. The van der Waals surface area contributed by atoms with Gasteiger partial charge in [-0.25, -0.2) is 8.42 Å². The van der Waals surface area contributed by atoms with Crippen LogP contribution in [0.25, 0.3) is 0 Å². The summed E-state index contributed by atoms with van der Waals surface area (Å²) in [5.41, 5.74) is 2.91. The van der Waals surface area contributed by atoms with E-state index >= 15 is 0 Å². The molecule has 0 aliphatic carbocycles. The van der Waals surface area contributed by atoms with E-state index in [1.165, 1.54) is 4.90 Å². The Balaban J connectivity index is 2.06. The Morgan fingerprint density at radius 2 is 1.55 bits per heavy atom. The Labute approximate surface area is 243 Å². The summed E-state index contributed by atoms with van der Waals surface area (Å²) in [6, 6.07) is 19.8. The van der Waals surface area contributed by atoms with E-state index in [-0.39, 0.29) is 23.4 Å². The average Bonchev–Trinajstić information content (AvgIpc) is 2.95. The molecule has 0 saturated carbocycles. The Morgan fingerprint density at radius 1 is 0.925 bits per heavy atom. The van der Waals surface area contributed by atoms with Crippen LogP contribution in [0.2, 0.25) is 5.02 Å². The van der Waals surface area contributed by atoms with Crippen molar-refractivity contribution >= 4 is 39.1 Å². The van der Waals surface area contributed by atoms with Crippen LogP contribution >= 0.6 is 11.6 Å². The minimum Gasteiger partial charge on any atom is -0.352 e. The zero-order chi connectivity index (χ0) is 29.4. The molecule has 2 atom stereocenters. The number of amides is 2. The largest absolute Gasteiger partial charge is 0.352 e. The second kappa shape index (κ2) is 13.8. The van der Waals surface area contributed by atoms with E-state index < -0.39 is 28.5 Å². The van der Waals surface area contributed by atoms with Gasteiger partial charge in [-0.2, -0.15) is 0 Å². The molecular weight excluding hydrogens is 546 g/mol. The van der Waals surface area contributed by atoms with Gasteiger partial charge in [0.1, 0.15) is 12.6 Å². The smallest absolute Gasteiger partial charge is 0.264 e. The summed E-state index contributed by atoms with van der Waals surface area (Å²) in [5.74, 6) is -0.804. The first-order valence-electron chi connectivity index (χ1n) is 13.5. The van der Waals surface area contributed by atoms with Gasteiger partial charge in [-0.3, -0.25) is 13.9 Å². The van der Waals surface area contributed by atoms with Crippen molar-refractivity contribution < 1.29 is 18.0 Å². The normalized spacial score (nSPS) is 12.8. The number of rotatable bonds is 12. The molecule has 0 radical (unpaired) electrons. The maximum Gasteiger partial charge on any atom is 0.264 e. The summed E-state index contributed by atoms with van der Waals surface area (Å²) < 4.78 is 29.2. The van der Waals surface area contributed by atoms with Gasteiger partial charge in [0.2, 0.25) is 11.8 Å². The van der Waals surface area contributed by atoms with Crippen molar-refractivity contribution in [2.75, 3.05) is 10.8 Å². The van der Waals surface area contributed by atoms with Crippen LogP contribution in [-0.4, -0.2) is 43.8 Å². The van der Waals surface area contributed by atoms with Gasteiger partial charge in [-0.05, 0) is 75.1 Å². The standard InChI is InChI=1S/C31H38ClN3O4S/c1-6-23(4)33-31(37)24(5)34(20-25-14-16-27(32)17-15-25)30(36)21-35(29-11-9-8-10-26(29)7-2)40(38,39)28-18-12-22(3)13-19-28/h8-19,23-24H,6-7,20-21H2,1-5H3,(H,33,37)/t23-,24+/m1/s1. The lowest BCUT2D eigenvalue weighted by Crippen LogP contribution is -2.52. The number of hydrogen-bond acceptors (Lipinski definition) is 4. The van der Waals surface area contributed by atoms with Crippen molar-refractivity contribution in [1.29, 1.82) is 0 Å². The van der Waals surface area contributed by atoms with Crippen molar-refractivity contribution in [1.82, 2.24) is 10.2 Å². The molecule has 9 heteroatoms. The molecule has 0 bridgehead atoms. The quantitative estimate of drug-likeness (QED) is 0.295. The molecule has 3 aromatic rings. The maximum absolute atomic E-state index is 14.0. The summed E-state index contributed by atoms with van der Waals surface area (Å²) in [4.78, 5) is 28.7. The van der Waals surface area contributed by atoms with Crippen molar-refractivity contribution in [3.05, 3.63) is 94.5 Å². The van der Waals surface area contributed by atoms with Crippen LogP contribution in [0.1, 0.15) is 50.8 Å². The fourth-order valence-corrected chi connectivity index (χ4v) is 5.82. The zero-order valence-electron chi connectivity index (χ0n) is 23.7. The Hall–Kier alpha value is -3.36. The number of halogens is 1. The Bertz CT molecular complexity index is 1410. The van der Waals surface area contributed by atoms with Crippen LogP contribution in [0, 0.1) is 6.92 Å². The summed E-state index contributed by atoms with van der Waals surface area (Å²) in [7, 11) is -4.11. The van der Waals surface area contributed by atoms with E-state index in [2.05, 4.69) is 5.32 Å². The molecule has 7 nitrogen and oxygen atoms in total. The molecule has 40 heavy (non-hydrogen) atoms. The third-order valence-corrected chi connectivity index (χ3v) is 8.99. The lowest BCUT2D eigenvalue weighted by atomic mass is 10.1. The molecule has 0 aliphatic heterocycles. The van der Waals surface area contributed by atoms with E-state index in [0.29, 0.717) is 17.1 Å². The van der Waals surface area contributed by atoms with Crippen molar-refractivity contribution in [2.24, 2.45) is 0 Å². The van der Waals surface area contributed by atoms with E-state index in [1.807, 2.05) is 39.8 Å². The molecule has 0 fully saturated rings. The van der Waals surface area contributed by atoms with Gasteiger partial charge < -0.3 is 10.2 Å². The number of carbonyl (C=O) groups is 2. The van der Waals surface area contributed by atoms with Crippen LogP contribution in [0.15, 0.2) is 77.7 Å². The molecule has 0 aromatic heterocycles. The number of anilines is 1. The van der Waals surface area contributed by atoms with Gasteiger partial charge in [0, 0.05) is 17.6 Å². The molecule has 3 rings (SSSR count). The highest BCUT2D eigenvalue weighted by Crippen LogP contribution is 2.28. The van der Waals surface area contributed by atoms with Gasteiger partial charge in [0.25, 0.3) is 10.0 Å². The molecule has 0 saturated heterocycles. The molecular formula is C31H38ClN3O4S. The highest BCUT2D eigenvalue weighted by molar-refractivity contribution is 7.92. The fraction of sp³-hybridized carbons (Fsp3) is 0.355. The molecule has 0 aliphatic rings. The summed E-state index contributed by atoms with van der Waals surface area (Å²) in [5, 5.41) is 3.49. The van der Waals surface area contributed by atoms with E-state index in [9.17, 15) is 18.0 Å². The lowest BCUT2D eigenvalue weighted by Gasteiger charge is -2.33. The first kappa shape index (κ1) is 31.2. The van der Waals surface area contributed by atoms with Crippen LogP contribution in [-0.2, 0) is 32.6 Å². The number of carbonyl (C=O) groups excluding carboxylic acids is 2. The predicted octanol–water partition coefficient (Wildman–Crippen LogP) is 5.74. The van der Waals surface area contributed by atoms with Gasteiger partial charge >= 0.3 is 0 Å². The molecule has 1 N–H and O–H groups in total. The van der Waals surface area contributed by atoms with Gasteiger partial charge in [-0.1, -0.05) is 73.5 Å². The maximum atomic E-state index is 14.0. The second-order valence-electron chi connectivity index (χ2n) is 9.95. The number of para-hydroxylation sites is 1. The molecule has 2 amide bonds. The van der Waals surface area contributed by atoms with Crippen LogP contribution < -0.4 is 9.62 Å². The SMILES string of the molecule is CCc1ccccc1N(CC(=O)N(Cc1ccc(Cl)cc1)[C@@H](C)C(=O)N[C@H](C)CC)S(=O)(=O)c1ccc(C)cc1. The first-order valence-corrected chi connectivity index (χ1v) is 15.3. The van der Waals surface area contributed by atoms with Crippen LogP contribution in [0.5, 0.6) is 0 Å². The van der Waals surface area contributed by atoms with E-state index in [4.69, 9.17) is 11.6 Å².